The Morgan fingerprint density at radius 3 is 2.44 bits per heavy atom. The quantitative estimate of drug-likeness (QED) is 0.207. The third-order valence-electron chi connectivity index (χ3n) is 0.498. The van der Waals surface area contributed by atoms with Crippen LogP contribution in [0.3, 0.4) is 0 Å². The van der Waals surface area contributed by atoms with E-state index >= 15 is 0 Å². The van der Waals surface area contributed by atoms with Gasteiger partial charge in [0.1, 0.15) is 0 Å². The van der Waals surface area contributed by atoms with Crippen LogP contribution >= 0.6 is 0 Å². The third kappa shape index (κ3) is 18.3. The van der Waals surface area contributed by atoms with E-state index in [1.54, 1.807) is 0 Å². The smallest absolute Gasteiger partial charge is 0.240 e. The third-order valence-corrected chi connectivity index (χ3v) is 0.852. The molecule has 0 rings (SSSR count). The van der Waals surface area contributed by atoms with Gasteiger partial charge in [-0.3, -0.25) is 0 Å². The van der Waals surface area contributed by atoms with Crippen LogP contribution in [0.15, 0.2) is 5.11 Å². The molecule has 0 aromatic rings. The molecule has 0 aliphatic carbocycles. The average Bonchev–Trinajstić information content (AvgIpc) is 1.94. The first-order valence-electron chi connectivity index (χ1n) is 2.29. The standard InChI is InChI=1S/C3H6N3Si.HOSi/c4-6-5-2-1-3-7;1-2/h1-3H2;1H. The Morgan fingerprint density at radius 2 is 2.11 bits per heavy atom. The first-order chi connectivity index (χ1) is 4.41. The highest BCUT2D eigenvalue weighted by Gasteiger charge is 1.74. The Morgan fingerprint density at radius 1 is 1.56 bits per heavy atom. The van der Waals surface area contributed by atoms with E-state index in [4.69, 9.17) is 10.3 Å². The molecule has 0 spiro atoms. The zero-order chi connectivity index (χ0) is 7.54. The molecule has 0 amide bonds. The monoisotopic (exact) mass is 157 g/mol. The van der Waals surface area contributed by atoms with Crippen LogP contribution in [0, 0.1) is 0 Å². The summed E-state index contributed by atoms with van der Waals surface area (Å²) in [7, 11) is 5.21. The van der Waals surface area contributed by atoms with Crippen LogP contribution in [0.25, 0.3) is 10.4 Å². The Bertz CT molecular complexity index is 83.1. The number of rotatable bonds is 3. The zero-order valence-electron chi connectivity index (χ0n) is 4.91. The molecule has 9 heavy (non-hydrogen) atoms. The van der Waals surface area contributed by atoms with Gasteiger partial charge in [-0.05, 0) is 5.53 Å². The van der Waals surface area contributed by atoms with Crippen LogP contribution in [-0.2, 0) is 0 Å². The minimum Gasteiger partial charge on any atom is -0.433 e. The molecule has 0 heterocycles. The van der Waals surface area contributed by atoms with Gasteiger partial charge in [-0.25, -0.2) is 0 Å². The van der Waals surface area contributed by atoms with E-state index in [-0.39, 0.29) is 0 Å². The molecule has 0 aromatic heterocycles. The van der Waals surface area contributed by atoms with Crippen LogP contribution < -0.4 is 0 Å². The Balaban J connectivity index is 0. The van der Waals surface area contributed by atoms with Crippen LogP contribution in [0.2, 0.25) is 6.04 Å². The molecule has 1 N–H and O–H groups in total. The maximum atomic E-state index is 7.74. The predicted molar refractivity (Wildman–Crippen MR) is 37.2 cm³/mol. The van der Waals surface area contributed by atoms with E-state index in [1.165, 1.54) is 0 Å². The summed E-state index contributed by atoms with van der Waals surface area (Å²) in [5.74, 6) is 0. The van der Waals surface area contributed by atoms with Gasteiger partial charge in [0, 0.05) is 21.7 Å². The normalized spacial score (nSPS) is 6.56. The van der Waals surface area contributed by atoms with Crippen molar-refractivity contribution in [3.63, 3.8) is 0 Å². The minimum absolute atomic E-state index is 0.597. The lowest BCUT2D eigenvalue weighted by molar-refractivity contribution is 0.629. The molecule has 0 atom stereocenters. The minimum atomic E-state index is 0.597. The molecule has 0 aliphatic heterocycles. The maximum Gasteiger partial charge on any atom is 0.240 e. The van der Waals surface area contributed by atoms with Gasteiger partial charge < -0.3 is 4.80 Å². The lowest BCUT2D eigenvalue weighted by Crippen LogP contribution is -1.74. The molecule has 0 saturated carbocycles. The van der Waals surface area contributed by atoms with Crippen LogP contribution in [0.1, 0.15) is 6.42 Å². The number of azide groups is 1. The molecular weight excluding hydrogens is 150 g/mol. The highest BCUT2D eigenvalue weighted by molar-refractivity contribution is 6.08. The van der Waals surface area contributed by atoms with Crippen LogP contribution in [0.5, 0.6) is 0 Å². The van der Waals surface area contributed by atoms with Gasteiger partial charge in [-0.2, -0.15) is 0 Å². The van der Waals surface area contributed by atoms with Crippen LogP contribution in [0.4, 0.5) is 0 Å². The summed E-state index contributed by atoms with van der Waals surface area (Å²) < 4.78 is 0. The van der Waals surface area contributed by atoms with Gasteiger partial charge in [0.15, 0.2) is 0 Å². The average molecular weight is 157 g/mol. The van der Waals surface area contributed by atoms with Gasteiger partial charge >= 0.3 is 0 Å². The van der Waals surface area contributed by atoms with Gasteiger partial charge in [-0.15, -0.1) is 0 Å². The molecule has 0 unspecified atom stereocenters. The fourth-order valence-electron chi connectivity index (χ4n) is 0.194. The van der Waals surface area contributed by atoms with Crippen molar-refractivity contribution in [3.05, 3.63) is 10.4 Å². The van der Waals surface area contributed by atoms with Crippen molar-refractivity contribution in [1.82, 2.24) is 0 Å². The lowest BCUT2D eigenvalue weighted by Gasteiger charge is -1.80. The summed E-state index contributed by atoms with van der Waals surface area (Å²) in [5.41, 5.74) is 7.74. The lowest BCUT2D eigenvalue weighted by atomic mass is 10.5. The van der Waals surface area contributed by atoms with E-state index in [9.17, 15) is 0 Å². The van der Waals surface area contributed by atoms with Crippen molar-refractivity contribution < 1.29 is 4.80 Å². The summed E-state index contributed by atoms with van der Waals surface area (Å²) in [6, 6.07) is 0.902. The largest absolute Gasteiger partial charge is 0.433 e. The predicted octanol–water partition coefficient (Wildman–Crippen LogP) is 0.336. The molecule has 6 radical (unpaired) electrons. The van der Waals surface area contributed by atoms with Crippen molar-refractivity contribution in [2.24, 2.45) is 5.11 Å². The summed E-state index contributed by atoms with van der Waals surface area (Å²) >= 11 is 0. The van der Waals surface area contributed by atoms with E-state index in [1.807, 2.05) is 10.5 Å². The molecule has 4 nitrogen and oxygen atoms in total. The van der Waals surface area contributed by atoms with Crippen molar-refractivity contribution in [2.45, 2.75) is 12.5 Å². The Hall–Kier alpha value is -0.296. The number of hydrogen-bond donors (Lipinski definition) is 1. The fourth-order valence-corrected chi connectivity index (χ4v) is 0.353. The van der Waals surface area contributed by atoms with Crippen molar-refractivity contribution in [1.29, 1.82) is 0 Å². The second kappa shape index (κ2) is 15.6. The topological polar surface area (TPSA) is 69.0 Å². The van der Waals surface area contributed by atoms with Gasteiger partial charge in [0.2, 0.25) is 10.5 Å². The van der Waals surface area contributed by atoms with E-state index in [0.717, 1.165) is 12.5 Å². The molecule has 0 bridgehead atoms. The molecule has 0 aliphatic rings. The van der Waals surface area contributed by atoms with E-state index in [0.29, 0.717) is 6.54 Å². The molecule has 6 heteroatoms. The molecule has 0 saturated heterocycles. The van der Waals surface area contributed by atoms with Gasteiger partial charge in [0.25, 0.3) is 0 Å². The summed E-state index contributed by atoms with van der Waals surface area (Å²) in [5, 5.41) is 3.31. The SMILES string of the molecule is O[Si].[N-]=[N+]=NCCC[Si]. The zero-order valence-corrected chi connectivity index (χ0v) is 6.91. The Kier molecular flexibility index (Phi) is 20.0. The van der Waals surface area contributed by atoms with E-state index in [2.05, 4.69) is 20.3 Å². The summed E-state index contributed by atoms with van der Waals surface area (Å²) in [6.45, 7) is 0.597. The van der Waals surface area contributed by atoms with Crippen molar-refractivity contribution >= 4 is 20.7 Å². The summed E-state index contributed by atoms with van der Waals surface area (Å²) in [4.78, 5) is 9.38. The first-order valence-corrected chi connectivity index (χ1v) is 3.45. The highest BCUT2D eigenvalue weighted by atomic mass is 28.2. The molecule has 0 aromatic carbocycles. The van der Waals surface area contributed by atoms with Gasteiger partial charge in [0.05, 0.1) is 0 Å². The van der Waals surface area contributed by atoms with Crippen molar-refractivity contribution in [3.8, 4) is 0 Å². The van der Waals surface area contributed by atoms with E-state index < -0.39 is 0 Å². The highest BCUT2D eigenvalue weighted by Crippen LogP contribution is 1.83. The summed E-state index contributed by atoms with van der Waals surface area (Å²) in [6.07, 6.45) is 0.918. The second-order valence-corrected chi connectivity index (χ2v) is 1.56. The number of nitrogens with zero attached hydrogens (tertiary/aromatic N) is 3. The second-order valence-electron chi connectivity index (χ2n) is 1.06. The Labute approximate surface area is 60.9 Å². The maximum absolute atomic E-state index is 7.74. The van der Waals surface area contributed by atoms with Crippen molar-refractivity contribution in [2.75, 3.05) is 6.54 Å². The van der Waals surface area contributed by atoms with Crippen LogP contribution in [-0.4, -0.2) is 32.1 Å². The first kappa shape index (κ1) is 11.5. The fraction of sp³-hybridized carbons (Fsp3) is 1.00. The van der Waals surface area contributed by atoms with Gasteiger partial charge in [-0.1, -0.05) is 17.6 Å². The molecule has 48 valence electrons. The molecular formula is C3H7N3OSi2. The molecule has 0 fully saturated rings. The number of hydrogen-bond acceptors (Lipinski definition) is 2.